The predicted octanol–water partition coefficient (Wildman–Crippen LogP) is 1.87. The van der Waals surface area contributed by atoms with E-state index in [0.29, 0.717) is 0 Å². The Kier molecular flexibility index (Phi) is 5.16. The number of carbonyl (C=O) groups is 1. The second-order valence-corrected chi connectivity index (χ2v) is 6.56. The second kappa shape index (κ2) is 7.51. The van der Waals surface area contributed by atoms with Gasteiger partial charge in [0.15, 0.2) is 0 Å². The Bertz CT molecular complexity index is 780. The Morgan fingerprint density at radius 1 is 1.16 bits per heavy atom. The molecule has 1 aromatic heterocycles. The zero-order valence-corrected chi connectivity index (χ0v) is 14.7. The van der Waals surface area contributed by atoms with Crippen LogP contribution in [0.3, 0.4) is 0 Å². The molecular weight excluding hydrogens is 316 g/mol. The number of anilines is 1. The van der Waals surface area contributed by atoms with Crippen LogP contribution in [0, 0.1) is 5.92 Å². The predicted molar refractivity (Wildman–Crippen MR) is 97.4 cm³/mol. The molecule has 1 aromatic carbocycles. The molecule has 3 rings (SSSR count). The van der Waals surface area contributed by atoms with Gasteiger partial charge in [0.2, 0.25) is 5.91 Å². The Balaban J connectivity index is 1.55. The molecule has 2 aromatic rings. The van der Waals surface area contributed by atoms with Gasteiger partial charge < -0.3 is 10.2 Å². The first-order chi connectivity index (χ1) is 12.0. The fraction of sp³-hybridized carbons (Fsp3) is 0.421. The number of amides is 1. The number of rotatable bonds is 4. The maximum absolute atomic E-state index is 12.5. The van der Waals surface area contributed by atoms with Crippen LogP contribution in [0.4, 0.5) is 5.82 Å². The van der Waals surface area contributed by atoms with Gasteiger partial charge >= 0.3 is 0 Å². The zero-order chi connectivity index (χ0) is 17.8. The van der Waals surface area contributed by atoms with Gasteiger partial charge in [-0.15, -0.1) is 0 Å². The average Bonchev–Trinajstić information content (AvgIpc) is 2.65. The summed E-state index contributed by atoms with van der Waals surface area (Å²) in [6.45, 7) is 3.54. The Hall–Kier alpha value is -2.63. The van der Waals surface area contributed by atoms with Gasteiger partial charge in [0, 0.05) is 32.1 Å². The summed E-state index contributed by atoms with van der Waals surface area (Å²) in [7, 11) is 1.65. The van der Waals surface area contributed by atoms with Gasteiger partial charge in [0.25, 0.3) is 5.56 Å². The van der Waals surface area contributed by atoms with Crippen LogP contribution < -0.4 is 15.8 Å². The van der Waals surface area contributed by atoms with Gasteiger partial charge in [-0.25, -0.2) is 4.68 Å². The number of carbonyl (C=O) groups excluding carboxylic acids is 1. The van der Waals surface area contributed by atoms with E-state index in [1.807, 2.05) is 37.3 Å². The Labute approximate surface area is 147 Å². The van der Waals surface area contributed by atoms with Crippen molar-refractivity contribution in [3.8, 4) is 0 Å². The number of benzene rings is 1. The Morgan fingerprint density at radius 2 is 1.84 bits per heavy atom. The van der Waals surface area contributed by atoms with Gasteiger partial charge in [0.05, 0.1) is 6.04 Å². The van der Waals surface area contributed by atoms with Crippen molar-refractivity contribution in [1.82, 2.24) is 15.1 Å². The van der Waals surface area contributed by atoms with Crippen molar-refractivity contribution >= 4 is 11.7 Å². The van der Waals surface area contributed by atoms with Gasteiger partial charge in [-0.2, -0.15) is 5.10 Å². The van der Waals surface area contributed by atoms with E-state index in [1.165, 1.54) is 10.7 Å². The minimum absolute atomic E-state index is 0.0112. The first-order valence-electron chi connectivity index (χ1n) is 8.69. The molecule has 1 atom stereocenters. The second-order valence-electron chi connectivity index (χ2n) is 6.56. The van der Waals surface area contributed by atoms with E-state index in [4.69, 9.17) is 0 Å². The van der Waals surface area contributed by atoms with E-state index in [9.17, 15) is 9.59 Å². The molecule has 6 nitrogen and oxygen atoms in total. The van der Waals surface area contributed by atoms with Crippen molar-refractivity contribution < 1.29 is 4.79 Å². The molecule has 25 heavy (non-hydrogen) atoms. The minimum Gasteiger partial charge on any atom is -0.355 e. The van der Waals surface area contributed by atoms with E-state index >= 15 is 0 Å². The topological polar surface area (TPSA) is 67.2 Å². The normalized spacial score (nSPS) is 16.5. The van der Waals surface area contributed by atoms with Crippen molar-refractivity contribution in [2.24, 2.45) is 13.0 Å². The molecule has 1 unspecified atom stereocenters. The van der Waals surface area contributed by atoms with Crippen molar-refractivity contribution in [2.75, 3.05) is 18.0 Å². The van der Waals surface area contributed by atoms with Crippen LogP contribution in [0.25, 0.3) is 0 Å². The summed E-state index contributed by atoms with van der Waals surface area (Å²) in [6, 6.07) is 13.3. The highest BCUT2D eigenvalue weighted by molar-refractivity contribution is 5.79. The third kappa shape index (κ3) is 4.07. The van der Waals surface area contributed by atoms with Gasteiger partial charge in [0.1, 0.15) is 5.82 Å². The number of aryl methyl sites for hydroxylation is 1. The highest BCUT2D eigenvalue weighted by Crippen LogP contribution is 2.22. The van der Waals surface area contributed by atoms with Gasteiger partial charge in [-0.3, -0.25) is 9.59 Å². The molecular formula is C19H24N4O2. The molecule has 0 saturated carbocycles. The first kappa shape index (κ1) is 17.2. The standard InChI is InChI=1S/C19H24N4O2/c1-14(15-6-4-3-5-7-15)20-19(25)16-10-12-23(13-11-16)17-8-9-18(24)22(2)21-17/h3-9,14,16H,10-13H2,1-2H3,(H,20,25). The number of nitrogens with one attached hydrogen (secondary N) is 1. The monoisotopic (exact) mass is 340 g/mol. The lowest BCUT2D eigenvalue weighted by atomic mass is 9.95. The molecule has 0 aliphatic carbocycles. The van der Waals surface area contributed by atoms with E-state index in [2.05, 4.69) is 15.3 Å². The molecule has 1 amide bonds. The molecule has 1 fully saturated rings. The number of hydrogen-bond donors (Lipinski definition) is 1. The van der Waals surface area contributed by atoms with E-state index in [-0.39, 0.29) is 23.4 Å². The van der Waals surface area contributed by atoms with Crippen LogP contribution in [0.5, 0.6) is 0 Å². The average molecular weight is 340 g/mol. The molecule has 1 N–H and O–H groups in total. The Morgan fingerprint density at radius 3 is 2.48 bits per heavy atom. The summed E-state index contributed by atoms with van der Waals surface area (Å²) >= 11 is 0. The fourth-order valence-corrected chi connectivity index (χ4v) is 3.19. The summed E-state index contributed by atoms with van der Waals surface area (Å²) < 4.78 is 1.34. The molecule has 6 heteroatoms. The number of hydrogen-bond acceptors (Lipinski definition) is 4. The van der Waals surface area contributed by atoms with Crippen LogP contribution >= 0.6 is 0 Å². The van der Waals surface area contributed by atoms with Crippen molar-refractivity contribution in [1.29, 1.82) is 0 Å². The largest absolute Gasteiger partial charge is 0.355 e. The summed E-state index contributed by atoms with van der Waals surface area (Å²) in [5, 5.41) is 7.40. The zero-order valence-electron chi connectivity index (χ0n) is 14.7. The molecule has 2 heterocycles. The van der Waals surface area contributed by atoms with Crippen molar-refractivity contribution in [2.45, 2.75) is 25.8 Å². The smallest absolute Gasteiger partial charge is 0.266 e. The maximum Gasteiger partial charge on any atom is 0.266 e. The number of piperidine rings is 1. The third-order valence-electron chi connectivity index (χ3n) is 4.79. The van der Waals surface area contributed by atoms with Crippen molar-refractivity contribution in [3.05, 3.63) is 58.4 Å². The SMILES string of the molecule is CC(NC(=O)C1CCN(c2ccc(=O)n(C)n2)CC1)c1ccccc1. The van der Waals surface area contributed by atoms with Crippen LogP contribution in [0.15, 0.2) is 47.3 Å². The van der Waals surface area contributed by atoms with Crippen molar-refractivity contribution in [3.63, 3.8) is 0 Å². The number of nitrogens with zero attached hydrogens (tertiary/aromatic N) is 3. The lowest BCUT2D eigenvalue weighted by molar-refractivity contribution is -0.126. The first-order valence-corrected chi connectivity index (χ1v) is 8.69. The van der Waals surface area contributed by atoms with E-state index < -0.39 is 0 Å². The fourth-order valence-electron chi connectivity index (χ4n) is 3.19. The summed E-state index contributed by atoms with van der Waals surface area (Å²) in [5.41, 5.74) is 0.996. The molecule has 1 saturated heterocycles. The lowest BCUT2D eigenvalue weighted by Crippen LogP contribution is -2.42. The van der Waals surface area contributed by atoms with Gasteiger partial charge in [-0.1, -0.05) is 30.3 Å². The molecule has 0 radical (unpaired) electrons. The quantitative estimate of drug-likeness (QED) is 0.923. The van der Waals surface area contributed by atoms with E-state index in [1.54, 1.807) is 13.1 Å². The van der Waals surface area contributed by atoms with Crippen LogP contribution in [0.2, 0.25) is 0 Å². The van der Waals surface area contributed by atoms with Crippen LogP contribution in [-0.2, 0) is 11.8 Å². The van der Waals surface area contributed by atoms with E-state index in [0.717, 1.165) is 37.3 Å². The lowest BCUT2D eigenvalue weighted by Gasteiger charge is -2.32. The van der Waals surface area contributed by atoms with Gasteiger partial charge in [-0.05, 0) is 31.4 Å². The maximum atomic E-state index is 12.5. The highest BCUT2D eigenvalue weighted by atomic mass is 16.2. The summed E-state index contributed by atoms with van der Waals surface area (Å²) in [6.07, 6.45) is 1.58. The highest BCUT2D eigenvalue weighted by Gasteiger charge is 2.26. The summed E-state index contributed by atoms with van der Waals surface area (Å²) in [4.78, 5) is 26.1. The summed E-state index contributed by atoms with van der Waals surface area (Å²) in [5.74, 6) is 0.929. The number of aromatic nitrogens is 2. The van der Waals surface area contributed by atoms with Crippen LogP contribution in [0.1, 0.15) is 31.4 Å². The minimum atomic E-state index is -0.118. The molecule has 0 spiro atoms. The molecule has 132 valence electrons. The van der Waals surface area contributed by atoms with Crippen LogP contribution in [-0.4, -0.2) is 28.8 Å². The molecule has 1 aliphatic heterocycles. The molecule has 1 aliphatic rings. The third-order valence-corrected chi connectivity index (χ3v) is 4.79. The molecule has 0 bridgehead atoms.